The summed E-state index contributed by atoms with van der Waals surface area (Å²) in [4.78, 5) is 3.93. The number of rotatable bonds is 2. The lowest BCUT2D eigenvalue weighted by Crippen LogP contribution is -1.80. The van der Waals surface area contributed by atoms with Crippen molar-refractivity contribution in [2.45, 2.75) is 13.8 Å². The molecule has 0 spiro atoms. The summed E-state index contributed by atoms with van der Waals surface area (Å²) < 4.78 is 0. The molecular weight excluding hydrogens is 182 g/mol. The summed E-state index contributed by atoms with van der Waals surface area (Å²) in [6.07, 6.45) is 2.04. The van der Waals surface area contributed by atoms with E-state index in [1.165, 1.54) is 5.57 Å². The van der Waals surface area contributed by atoms with Crippen molar-refractivity contribution in [3.05, 3.63) is 34.9 Å². The SMILES string of the molecule is C=Nc1cc(Cl)ccc1/C(C)=C\C. The third kappa shape index (κ3) is 2.19. The molecule has 0 heterocycles. The molecule has 0 aromatic heterocycles. The summed E-state index contributed by atoms with van der Waals surface area (Å²) in [6.45, 7) is 7.55. The molecule has 0 aliphatic heterocycles. The van der Waals surface area contributed by atoms with Gasteiger partial charge in [-0.3, -0.25) is 4.99 Å². The zero-order valence-electron chi connectivity index (χ0n) is 7.84. The maximum absolute atomic E-state index is 5.84. The van der Waals surface area contributed by atoms with Crippen LogP contribution in [0.1, 0.15) is 19.4 Å². The van der Waals surface area contributed by atoms with E-state index in [2.05, 4.69) is 11.7 Å². The molecule has 2 heteroatoms. The van der Waals surface area contributed by atoms with Gasteiger partial charge >= 0.3 is 0 Å². The maximum Gasteiger partial charge on any atom is 0.0712 e. The number of halogens is 1. The second kappa shape index (κ2) is 4.24. The highest BCUT2D eigenvalue weighted by atomic mass is 35.5. The predicted molar refractivity (Wildman–Crippen MR) is 60.0 cm³/mol. The van der Waals surface area contributed by atoms with Crippen molar-refractivity contribution in [1.82, 2.24) is 0 Å². The minimum absolute atomic E-state index is 0.690. The van der Waals surface area contributed by atoms with Gasteiger partial charge in [0.25, 0.3) is 0 Å². The molecule has 0 aliphatic rings. The largest absolute Gasteiger partial charge is 0.264 e. The van der Waals surface area contributed by atoms with Crippen LogP contribution in [0.4, 0.5) is 5.69 Å². The number of nitrogens with zero attached hydrogens (tertiary/aromatic N) is 1. The molecule has 0 N–H and O–H groups in total. The standard InChI is InChI=1S/C11H12ClN/c1-4-8(2)10-6-5-9(12)7-11(10)13-3/h4-7H,3H2,1-2H3/b8-4-. The van der Waals surface area contributed by atoms with Gasteiger partial charge < -0.3 is 0 Å². The maximum atomic E-state index is 5.84. The van der Waals surface area contributed by atoms with Crippen molar-refractivity contribution in [3.63, 3.8) is 0 Å². The lowest BCUT2D eigenvalue weighted by atomic mass is 10.1. The van der Waals surface area contributed by atoms with E-state index in [1.54, 1.807) is 0 Å². The molecule has 68 valence electrons. The number of benzene rings is 1. The quantitative estimate of drug-likeness (QED) is 0.628. The Balaban J connectivity index is 3.29. The van der Waals surface area contributed by atoms with Crippen molar-refractivity contribution in [2.75, 3.05) is 0 Å². The molecule has 0 fully saturated rings. The lowest BCUT2D eigenvalue weighted by Gasteiger charge is -2.05. The van der Waals surface area contributed by atoms with Crippen LogP contribution in [-0.4, -0.2) is 6.72 Å². The van der Waals surface area contributed by atoms with Gasteiger partial charge in [-0.25, -0.2) is 0 Å². The highest BCUT2D eigenvalue weighted by Gasteiger charge is 2.02. The van der Waals surface area contributed by atoms with E-state index in [9.17, 15) is 0 Å². The fourth-order valence-corrected chi connectivity index (χ4v) is 1.29. The Hall–Kier alpha value is -1.08. The molecule has 1 aromatic carbocycles. The molecular formula is C11H12ClN. The van der Waals surface area contributed by atoms with Crippen molar-refractivity contribution >= 4 is 29.6 Å². The fourth-order valence-electron chi connectivity index (χ4n) is 1.12. The van der Waals surface area contributed by atoms with E-state index in [0.717, 1.165) is 11.3 Å². The Kier molecular flexibility index (Phi) is 3.26. The van der Waals surface area contributed by atoms with Gasteiger partial charge in [0.2, 0.25) is 0 Å². The van der Waals surface area contributed by atoms with Crippen molar-refractivity contribution in [3.8, 4) is 0 Å². The first kappa shape index (κ1) is 10.0. The average Bonchev–Trinajstić information content (AvgIpc) is 2.16. The Morgan fingerprint density at radius 2 is 2.23 bits per heavy atom. The molecule has 1 rings (SSSR count). The number of allylic oxidation sites excluding steroid dienone is 2. The van der Waals surface area contributed by atoms with E-state index >= 15 is 0 Å². The summed E-state index contributed by atoms with van der Waals surface area (Å²) in [5.74, 6) is 0. The Morgan fingerprint density at radius 3 is 2.77 bits per heavy atom. The first-order valence-electron chi connectivity index (χ1n) is 4.08. The summed E-state index contributed by atoms with van der Waals surface area (Å²) in [5, 5.41) is 0.690. The fraction of sp³-hybridized carbons (Fsp3) is 0.182. The predicted octanol–water partition coefficient (Wildman–Crippen LogP) is 4.10. The van der Waals surface area contributed by atoms with Crippen molar-refractivity contribution in [1.29, 1.82) is 0 Å². The number of hydrogen-bond acceptors (Lipinski definition) is 1. The van der Waals surface area contributed by atoms with Crippen LogP contribution in [0.5, 0.6) is 0 Å². The van der Waals surface area contributed by atoms with Crippen molar-refractivity contribution in [2.24, 2.45) is 4.99 Å². The van der Waals surface area contributed by atoms with Crippen LogP contribution in [0.15, 0.2) is 29.3 Å². The minimum atomic E-state index is 0.690. The van der Waals surface area contributed by atoms with Gasteiger partial charge in [0.1, 0.15) is 0 Å². The molecule has 1 aromatic rings. The highest BCUT2D eigenvalue weighted by Crippen LogP contribution is 2.28. The van der Waals surface area contributed by atoms with E-state index in [4.69, 9.17) is 11.6 Å². The normalized spacial score (nSPS) is 11.5. The van der Waals surface area contributed by atoms with Gasteiger partial charge in [-0.15, -0.1) is 0 Å². The zero-order chi connectivity index (χ0) is 9.84. The number of aliphatic imine (C=N–C) groups is 1. The van der Waals surface area contributed by atoms with E-state index in [1.807, 2.05) is 38.1 Å². The second-order valence-corrected chi connectivity index (χ2v) is 3.23. The first-order chi connectivity index (χ1) is 6.19. The van der Waals surface area contributed by atoms with Gasteiger partial charge in [-0.2, -0.15) is 0 Å². The Bertz CT molecular complexity index is 353. The number of hydrogen-bond donors (Lipinski definition) is 0. The van der Waals surface area contributed by atoms with E-state index in [0.29, 0.717) is 5.02 Å². The smallest absolute Gasteiger partial charge is 0.0712 e. The van der Waals surface area contributed by atoms with Gasteiger partial charge in [0.05, 0.1) is 5.69 Å². The molecule has 0 aliphatic carbocycles. The van der Waals surface area contributed by atoms with E-state index in [-0.39, 0.29) is 0 Å². The van der Waals surface area contributed by atoms with Gasteiger partial charge in [-0.05, 0) is 38.3 Å². The van der Waals surface area contributed by atoms with Gasteiger partial charge in [0, 0.05) is 10.6 Å². The minimum Gasteiger partial charge on any atom is -0.264 e. The molecule has 0 bridgehead atoms. The Labute approximate surface area is 83.8 Å². The van der Waals surface area contributed by atoms with Crippen LogP contribution in [0.2, 0.25) is 5.02 Å². The van der Waals surface area contributed by atoms with Crippen LogP contribution in [-0.2, 0) is 0 Å². The van der Waals surface area contributed by atoms with Crippen LogP contribution >= 0.6 is 11.6 Å². The Morgan fingerprint density at radius 1 is 1.54 bits per heavy atom. The topological polar surface area (TPSA) is 12.4 Å². The third-order valence-electron chi connectivity index (χ3n) is 1.99. The highest BCUT2D eigenvalue weighted by molar-refractivity contribution is 6.30. The van der Waals surface area contributed by atoms with Crippen LogP contribution in [0.25, 0.3) is 5.57 Å². The lowest BCUT2D eigenvalue weighted by molar-refractivity contribution is 1.47. The molecule has 0 saturated carbocycles. The molecule has 0 radical (unpaired) electrons. The summed E-state index contributed by atoms with van der Waals surface area (Å²) in [6, 6.07) is 5.64. The van der Waals surface area contributed by atoms with Crippen LogP contribution < -0.4 is 0 Å². The third-order valence-corrected chi connectivity index (χ3v) is 2.22. The monoisotopic (exact) mass is 193 g/mol. The van der Waals surface area contributed by atoms with Crippen LogP contribution in [0.3, 0.4) is 0 Å². The summed E-state index contributed by atoms with van der Waals surface area (Å²) in [5.41, 5.74) is 3.10. The molecule has 0 atom stereocenters. The second-order valence-electron chi connectivity index (χ2n) is 2.79. The van der Waals surface area contributed by atoms with Gasteiger partial charge in [-0.1, -0.05) is 23.7 Å². The van der Waals surface area contributed by atoms with Gasteiger partial charge in [0.15, 0.2) is 0 Å². The van der Waals surface area contributed by atoms with Crippen molar-refractivity contribution < 1.29 is 0 Å². The molecule has 0 unspecified atom stereocenters. The summed E-state index contributed by atoms with van der Waals surface area (Å²) >= 11 is 5.84. The molecule has 13 heavy (non-hydrogen) atoms. The first-order valence-corrected chi connectivity index (χ1v) is 4.46. The average molecular weight is 194 g/mol. The van der Waals surface area contributed by atoms with Crippen LogP contribution in [0, 0.1) is 0 Å². The molecule has 0 amide bonds. The molecule has 1 nitrogen and oxygen atoms in total. The summed E-state index contributed by atoms with van der Waals surface area (Å²) in [7, 11) is 0. The van der Waals surface area contributed by atoms with E-state index < -0.39 is 0 Å². The molecule has 0 saturated heterocycles. The zero-order valence-corrected chi connectivity index (χ0v) is 8.60.